The fourth-order valence-electron chi connectivity index (χ4n) is 1.99. The lowest BCUT2D eigenvalue weighted by Gasteiger charge is -2.17. The van der Waals surface area contributed by atoms with E-state index in [1.54, 1.807) is 45.2 Å². The van der Waals surface area contributed by atoms with Gasteiger partial charge in [0.05, 0.1) is 12.8 Å². The van der Waals surface area contributed by atoms with E-state index in [4.69, 9.17) is 4.74 Å². The Bertz CT molecular complexity index is 673. The first-order valence-electron chi connectivity index (χ1n) is 6.98. The van der Waals surface area contributed by atoms with Gasteiger partial charge in [0.1, 0.15) is 17.6 Å². The van der Waals surface area contributed by atoms with Gasteiger partial charge in [0.15, 0.2) is 0 Å². The van der Waals surface area contributed by atoms with Gasteiger partial charge < -0.3 is 15.4 Å². The molecular weight excluding hydrogens is 283 g/mol. The Kier molecular flexibility index (Phi) is 4.99. The summed E-state index contributed by atoms with van der Waals surface area (Å²) >= 11 is 0. The maximum atomic E-state index is 13.5. The third-order valence-electron chi connectivity index (χ3n) is 3.31. The second kappa shape index (κ2) is 6.93. The summed E-state index contributed by atoms with van der Waals surface area (Å²) in [5, 5.41) is 5.76. The Morgan fingerprint density at radius 2 is 1.95 bits per heavy atom. The van der Waals surface area contributed by atoms with Crippen LogP contribution in [0, 0.1) is 12.7 Å². The van der Waals surface area contributed by atoms with Gasteiger partial charge in [0.2, 0.25) is 5.91 Å². The van der Waals surface area contributed by atoms with Crippen LogP contribution in [0.15, 0.2) is 42.5 Å². The van der Waals surface area contributed by atoms with Crippen molar-refractivity contribution in [3.63, 3.8) is 0 Å². The number of ether oxygens (including phenoxy) is 1. The van der Waals surface area contributed by atoms with Gasteiger partial charge >= 0.3 is 0 Å². The van der Waals surface area contributed by atoms with Crippen LogP contribution in [0.4, 0.5) is 15.8 Å². The summed E-state index contributed by atoms with van der Waals surface area (Å²) in [6.45, 7) is 3.40. The van der Waals surface area contributed by atoms with Gasteiger partial charge in [0, 0.05) is 5.69 Å². The Labute approximate surface area is 129 Å². The van der Waals surface area contributed by atoms with E-state index in [1.165, 1.54) is 6.07 Å². The highest BCUT2D eigenvalue weighted by Gasteiger charge is 2.15. The number of hydrogen-bond acceptors (Lipinski definition) is 3. The number of para-hydroxylation sites is 2. The molecule has 1 amide bonds. The number of carbonyl (C=O) groups is 1. The van der Waals surface area contributed by atoms with Gasteiger partial charge in [-0.05, 0) is 43.7 Å². The molecule has 0 aliphatic carbocycles. The number of carbonyl (C=O) groups excluding carboxylic acids is 1. The van der Waals surface area contributed by atoms with E-state index in [-0.39, 0.29) is 11.7 Å². The quantitative estimate of drug-likeness (QED) is 0.887. The molecule has 2 rings (SSSR count). The number of anilines is 2. The monoisotopic (exact) mass is 302 g/mol. The average Bonchev–Trinajstić information content (AvgIpc) is 2.51. The van der Waals surface area contributed by atoms with E-state index in [9.17, 15) is 9.18 Å². The van der Waals surface area contributed by atoms with Gasteiger partial charge in [-0.25, -0.2) is 4.39 Å². The Hall–Kier alpha value is -2.56. The largest absolute Gasteiger partial charge is 0.495 e. The van der Waals surface area contributed by atoms with Crippen LogP contribution in [-0.2, 0) is 4.79 Å². The summed E-state index contributed by atoms with van der Waals surface area (Å²) < 4.78 is 18.7. The Morgan fingerprint density at radius 3 is 2.64 bits per heavy atom. The molecule has 0 bridgehead atoms. The standard InChI is InChI=1S/C17H19FN2O2/c1-11-8-9-13(10-14(11)18)19-12(2)17(21)20-15-6-4-5-7-16(15)22-3/h4-10,12,19H,1-3H3,(H,20,21). The molecule has 1 unspecified atom stereocenters. The molecule has 0 saturated carbocycles. The van der Waals surface area contributed by atoms with Crippen molar-refractivity contribution in [3.05, 3.63) is 53.8 Å². The fourth-order valence-corrected chi connectivity index (χ4v) is 1.99. The SMILES string of the molecule is COc1ccccc1NC(=O)C(C)Nc1ccc(C)c(F)c1. The summed E-state index contributed by atoms with van der Waals surface area (Å²) in [6, 6.07) is 11.4. The number of aryl methyl sites for hydroxylation is 1. The van der Waals surface area contributed by atoms with Crippen LogP contribution >= 0.6 is 0 Å². The number of hydrogen-bond donors (Lipinski definition) is 2. The fraction of sp³-hybridized carbons (Fsp3) is 0.235. The summed E-state index contributed by atoms with van der Waals surface area (Å²) in [7, 11) is 1.54. The van der Waals surface area contributed by atoms with E-state index in [2.05, 4.69) is 10.6 Å². The van der Waals surface area contributed by atoms with Crippen molar-refractivity contribution in [1.82, 2.24) is 0 Å². The van der Waals surface area contributed by atoms with Crippen molar-refractivity contribution >= 4 is 17.3 Å². The molecule has 5 heteroatoms. The molecule has 2 aromatic carbocycles. The normalized spacial score (nSPS) is 11.6. The van der Waals surface area contributed by atoms with E-state index >= 15 is 0 Å². The summed E-state index contributed by atoms with van der Waals surface area (Å²) in [5.74, 6) is 0.0530. The molecule has 0 aliphatic rings. The van der Waals surface area contributed by atoms with Gasteiger partial charge in [-0.2, -0.15) is 0 Å². The van der Waals surface area contributed by atoms with Gasteiger partial charge in [-0.3, -0.25) is 4.79 Å². The predicted molar refractivity (Wildman–Crippen MR) is 85.8 cm³/mol. The van der Waals surface area contributed by atoms with E-state index in [0.29, 0.717) is 22.7 Å². The smallest absolute Gasteiger partial charge is 0.246 e. The number of rotatable bonds is 5. The van der Waals surface area contributed by atoms with E-state index in [0.717, 1.165) is 0 Å². The van der Waals surface area contributed by atoms with Crippen LogP contribution in [0.1, 0.15) is 12.5 Å². The van der Waals surface area contributed by atoms with Crippen LogP contribution in [-0.4, -0.2) is 19.1 Å². The maximum Gasteiger partial charge on any atom is 0.246 e. The number of methoxy groups -OCH3 is 1. The van der Waals surface area contributed by atoms with Crippen LogP contribution in [0.5, 0.6) is 5.75 Å². The number of nitrogens with one attached hydrogen (secondary N) is 2. The lowest BCUT2D eigenvalue weighted by atomic mass is 10.2. The predicted octanol–water partition coefficient (Wildman–Crippen LogP) is 3.58. The summed E-state index contributed by atoms with van der Waals surface area (Å²) in [5.41, 5.74) is 1.72. The minimum atomic E-state index is -0.521. The molecule has 116 valence electrons. The van der Waals surface area contributed by atoms with E-state index in [1.807, 2.05) is 12.1 Å². The first kappa shape index (κ1) is 15.8. The lowest BCUT2D eigenvalue weighted by molar-refractivity contribution is -0.116. The zero-order valence-corrected chi connectivity index (χ0v) is 12.8. The number of amides is 1. The Morgan fingerprint density at radius 1 is 1.23 bits per heavy atom. The van der Waals surface area contributed by atoms with Gasteiger partial charge in [-0.15, -0.1) is 0 Å². The highest BCUT2D eigenvalue weighted by molar-refractivity contribution is 5.97. The number of halogens is 1. The van der Waals surface area contributed by atoms with Crippen molar-refractivity contribution in [3.8, 4) is 5.75 Å². The highest BCUT2D eigenvalue weighted by Crippen LogP contribution is 2.23. The van der Waals surface area contributed by atoms with Crippen molar-refractivity contribution in [2.75, 3.05) is 17.7 Å². The van der Waals surface area contributed by atoms with Gasteiger partial charge in [0.25, 0.3) is 0 Å². The minimum Gasteiger partial charge on any atom is -0.495 e. The van der Waals surface area contributed by atoms with Gasteiger partial charge in [-0.1, -0.05) is 18.2 Å². The van der Waals surface area contributed by atoms with Crippen molar-refractivity contribution in [2.24, 2.45) is 0 Å². The summed E-state index contributed by atoms with van der Waals surface area (Å²) in [6.07, 6.45) is 0. The highest BCUT2D eigenvalue weighted by atomic mass is 19.1. The molecule has 1 atom stereocenters. The number of benzene rings is 2. The molecule has 0 spiro atoms. The minimum absolute atomic E-state index is 0.231. The third-order valence-corrected chi connectivity index (χ3v) is 3.31. The van der Waals surface area contributed by atoms with Crippen LogP contribution < -0.4 is 15.4 Å². The first-order chi connectivity index (χ1) is 10.5. The molecule has 0 heterocycles. The van der Waals surface area contributed by atoms with Crippen molar-refractivity contribution in [2.45, 2.75) is 19.9 Å². The average molecular weight is 302 g/mol. The van der Waals surface area contributed by atoms with Crippen molar-refractivity contribution < 1.29 is 13.9 Å². The molecule has 4 nitrogen and oxygen atoms in total. The lowest BCUT2D eigenvalue weighted by Crippen LogP contribution is -2.32. The van der Waals surface area contributed by atoms with Crippen LogP contribution in [0.3, 0.4) is 0 Å². The molecule has 0 radical (unpaired) electrons. The van der Waals surface area contributed by atoms with Crippen LogP contribution in [0.25, 0.3) is 0 Å². The van der Waals surface area contributed by atoms with Crippen molar-refractivity contribution in [1.29, 1.82) is 0 Å². The molecule has 0 aromatic heterocycles. The molecule has 0 fully saturated rings. The maximum absolute atomic E-state index is 13.5. The Balaban J connectivity index is 2.04. The first-order valence-corrected chi connectivity index (χ1v) is 6.98. The second-order valence-electron chi connectivity index (χ2n) is 5.02. The molecule has 0 aliphatic heterocycles. The summed E-state index contributed by atoms with van der Waals surface area (Å²) in [4.78, 5) is 12.2. The molecule has 22 heavy (non-hydrogen) atoms. The zero-order chi connectivity index (χ0) is 16.1. The molecular formula is C17H19FN2O2. The molecule has 2 N–H and O–H groups in total. The van der Waals surface area contributed by atoms with E-state index < -0.39 is 6.04 Å². The van der Waals surface area contributed by atoms with Crippen LogP contribution in [0.2, 0.25) is 0 Å². The second-order valence-corrected chi connectivity index (χ2v) is 5.02. The topological polar surface area (TPSA) is 50.4 Å². The zero-order valence-electron chi connectivity index (χ0n) is 12.8. The molecule has 0 saturated heterocycles. The third kappa shape index (κ3) is 3.75. The molecule has 2 aromatic rings.